The maximum absolute atomic E-state index is 3.73. The van der Waals surface area contributed by atoms with E-state index in [2.05, 4.69) is 36.0 Å². The Hall–Kier alpha value is -1.57. The van der Waals surface area contributed by atoms with E-state index >= 15 is 0 Å². The van der Waals surface area contributed by atoms with Crippen LogP contribution in [0.2, 0.25) is 0 Å². The van der Waals surface area contributed by atoms with E-state index in [-0.39, 0.29) is 6.04 Å². The van der Waals surface area contributed by atoms with Gasteiger partial charge < -0.3 is 5.43 Å². The molecule has 0 radical (unpaired) electrons. The van der Waals surface area contributed by atoms with Gasteiger partial charge in [0.25, 0.3) is 0 Å². The lowest BCUT2D eigenvalue weighted by Crippen LogP contribution is -2.23. The van der Waals surface area contributed by atoms with Gasteiger partial charge >= 0.3 is 0 Å². The molecule has 1 atom stereocenters. The van der Waals surface area contributed by atoms with Crippen LogP contribution in [0.3, 0.4) is 0 Å². The molecule has 0 aliphatic rings. The molecule has 68 valence electrons. The first kappa shape index (κ1) is 9.52. The molecule has 1 aromatic carbocycles. The zero-order chi connectivity index (χ0) is 9.52. The van der Waals surface area contributed by atoms with E-state index in [1.54, 1.807) is 0 Å². The van der Waals surface area contributed by atoms with Crippen LogP contribution in [0.5, 0.6) is 0 Å². The number of nitrogens with zero attached hydrogens (tertiary/aromatic N) is 1. The summed E-state index contributed by atoms with van der Waals surface area (Å²) in [5.74, 6) is 0. The summed E-state index contributed by atoms with van der Waals surface area (Å²) in [6, 6.07) is 10.4. The van der Waals surface area contributed by atoms with Crippen LogP contribution >= 0.6 is 0 Å². The predicted octanol–water partition coefficient (Wildman–Crippen LogP) is 1.99. The Kier molecular flexibility index (Phi) is 3.76. The van der Waals surface area contributed by atoms with Crippen LogP contribution in [-0.4, -0.2) is 12.8 Å². The summed E-state index contributed by atoms with van der Waals surface area (Å²) in [5.41, 5.74) is 4.14. The maximum Gasteiger partial charge on any atom is 0.0657 e. The van der Waals surface area contributed by atoms with E-state index in [1.165, 1.54) is 5.56 Å². The molecule has 0 spiro atoms. The van der Waals surface area contributed by atoms with E-state index < -0.39 is 0 Å². The predicted molar refractivity (Wildman–Crippen MR) is 56.8 cm³/mol. The molecule has 0 saturated heterocycles. The van der Waals surface area contributed by atoms with Crippen LogP contribution in [0.25, 0.3) is 0 Å². The van der Waals surface area contributed by atoms with Crippen molar-refractivity contribution in [3.63, 3.8) is 0 Å². The van der Waals surface area contributed by atoms with Crippen LogP contribution in [0.15, 0.2) is 48.1 Å². The highest BCUT2D eigenvalue weighted by atomic mass is 15.3. The van der Waals surface area contributed by atoms with Crippen molar-refractivity contribution in [2.75, 3.05) is 0 Å². The molecule has 1 rings (SSSR count). The van der Waals surface area contributed by atoms with Crippen molar-refractivity contribution in [2.24, 2.45) is 5.10 Å². The lowest BCUT2D eigenvalue weighted by molar-refractivity contribution is 0.624. The van der Waals surface area contributed by atoms with Gasteiger partial charge in [-0.25, -0.2) is 0 Å². The minimum Gasteiger partial charge on any atom is -0.303 e. The van der Waals surface area contributed by atoms with Gasteiger partial charge in [-0.05, 0) is 12.0 Å². The summed E-state index contributed by atoms with van der Waals surface area (Å²) in [7, 11) is 0. The van der Waals surface area contributed by atoms with Crippen LogP contribution in [0.4, 0.5) is 0 Å². The number of hydrogen-bond donors (Lipinski definition) is 1. The average molecular weight is 174 g/mol. The Labute approximate surface area is 79.0 Å². The van der Waals surface area contributed by atoms with Crippen molar-refractivity contribution in [3.8, 4) is 0 Å². The molecule has 1 unspecified atom stereocenters. The molecule has 1 aromatic rings. The molecule has 0 aliphatic heterocycles. The number of hydrazone groups is 1. The largest absolute Gasteiger partial charge is 0.303 e. The molecular formula is C11H14N2. The quantitative estimate of drug-likeness (QED) is 0.412. The summed E-state index contributed by atoms with van der Waals surface area (Å²) >= 11 is 0. The van der Waals surface area contributed by atoms with E-state index in [1.807, 2.05) is 24.3 Å². The van der Waals surface area contributed by atoms with Crippen molar-refractivity contribution in [3.05, 3.63) is 48.6 Å². The Morgan fingerprint density at radius 2 is 2.08 bits per heavy atom. The molecule has 0 bridgehead atoms. The van der Waals surface area contributed by atoms with Gasteiger partial charge in [0.1, 0.15) is 0 Å². The van der Waals surface area contributed by atoms with Crippen molar-refractivity contribution >= 4 is 6.72 Å². The Balaban J connectivity index is 2.56. The fraction of sp³-hybridized carbons (Fsp3) is 0.182. The first-order valence-corrected chi connectivity index (χ1v) is 4.24. The van der Waals surface area contributed by atoms with E-state index in [4.69, 9.17) is 0 Å². The lowest BCUT2D eigenvalue weighted by Gasteiger charge is -2.10. The smallest absolute Gasteiger partial charge is 0.0657 e. The van der Waals surface area contributed by atoms with Gasteiger partial charge in [0, 0.05) is 6.72 Å². The number of benzene rings is 1. The number of rotatable bonds is 5. The molecular weight excluding hydrogens is 160 g/mol. The summed E-state index contributed by atoms with van der Waals surface area (Å²) in [5, 5.41) is 3.63. The third kappa shape index (κ3) is 3.11. The second-order valence-electron chi connectivity index (χ2n) is 2.82. The molecule has 13 heavy (non-hydrogen) atoms. The molecule has 0 saturated carbocycles. The molecule has 0 amide bonds. The molecule has 2 heteroatoms. The average Bonchev–Trinajstić information content (AvgIpc) is 2.19. The van der Waals surface area contributed by atoms with E-state index in [0.717, 1.165) is 6.42 Å². The van der Waals surface area contributed by atoms with Gasteiger partial charge in [-0.1, -0.05) is 36.4 Å². The van der Waals surface area contributed by atoms with Gasteiger partial charge in [-0.15, -0.1) is 6.58 Å². The monoisotopic (exact) mass is 174 g/mol. The topological polar surface area (TPSA) is 24.4 Å². The molecule has 0 aromatic heterocycles. The van der Waals surface area contributed by atoms with Crippen LogP contribution in [-0.2, 0) is 6.42 Å². The lowest BCUT2D eigenvalue weighted by atomic mass is 10.1. The third-order valence-electron chi connectivity index (χ3n) is 1.84. The summed E-state index contributed by atoms with van der Waals surface area (Å²) in [4.78, 5) is 0. The van der Waals surface area contributed by atoms with Gasteiger partial charge in [0.05, 0.1) is 6.04 Å². The molecule has 2 nitrogen and oxygen atoms in total. The highest BCUT2D eigenvalue weighted by molar-refractivity contribution is 5.23. The second-order valence-corrected chi connectivity index (χ2v) is 2.82. The maximum atomic E-state index is 3.73. The summed E-state index contributed by atoms with van der Waals surface area (Å²) in [6.45, 7) is 7.11. The molecule has 0 fully saturated rings. The van der Waals surface area contributed by atoms with Gasteiger partial charge in [-0.3, -0.25) is 0 Å². The number of nitrogens with one attached hydrogen (secondary N) is 1. The van der Waals surface area contributed by atoms with Crippen LogP contribution < -0.4 is 5.43 Å². The van der Waals surface area contributed by atoms with Crippen LogP contribution in [0.1, 0.15) is 5.56 Å². The first-order valence-electron chi connectivity index (χ1n) is 4.24. The molecule has 0 heterocycles. The minimum absolute atomic E-state index is 0.167. The van der Waals surface area contributed by atoms with Crippen molar-refractivity contribution in [2.45, 2.75) is 12.5 Å². The Morgan fingerprint density at radius 1 is 1.38 bits per heavy atom. The summed E-state index contributed by atoms with van der Waals surface area (Å²) < 4.78 is 0. The Bertz CT molecular complexity index is 267. The van der Waals surface area contributed by atoms with E-state index in [0.29, 0.717) is 0 Å². The normalized spacial score (nSPS) is 11.7. The highest BCUT2D eigenvalue weighted by Crippen LogP contribution is 2.03. The van der Waals surface area contributed by atoms with Crippen molar-refractivity contribution in [1.82, 2.24) is 5.43 Å². The SMILES string of the molecule is C=CC(Cc1ccccc1)NN=C. The van der Waals surface area contributed by atoms with Crippen LogP contribution in [0, 0.1) is 0 Å². The zero-order valence-electron chi connectivity index (χ0n) is 7.61. The van der Waals surface area contributed by atoms with Gasteiger partial charge in [-0.2, -0.15) is 5.10 Å². The van der Waals surface area contributed by atoms with Gasteiger partial charge in [0.15, 0.2) is 0 Å². The molecule has 1 N–H and O–H groups in total. The summed E-state index contributed by atoms with van der Waals surface area (Å²) in [6.07, 6.45) is 2.73. The number of hydrogen-bond acceptors (Lipinski definition) is 2. The third-order valence-corrected chi connectivity index (χ3v) is 1.84. The highest BCUT2D eigenvalue weighted by Gasteiger charge is 2.01. The molecule has 0 aliphatic carbocycles. The second kappa shape index (κ2) is 5.14. The first-order chi connectivity index (χ1) is 6.36. The standard InChI is InChI=1S/C11H14N2/c1-3-11(13-12-2)9-10-7-5-4-6-8-10/h3-8,11,13H,1-2,9H2. The fourth-order valence-electron chi connectivity index (χ4n) is 1.17. The Morgan fingerprint density at radius 3 is 2.62 bits per heavy atom. The zero-order valence-corrected chi connectivity index (χ0v) is 7.61. The minimum atomic E-state index is 0.167. The fourth-order valence-corrected chi connectivity index (χ4v) is 1.17. The van der Waals surface area contributed by atoms with Crippen molar-refractivity contribution < 1.29 is 0 Å². The van der Waals surface area contributed by atoms with Crippen molar-refractivity contribution in [1.29, 1.82) is 0 Å². The van der Waals surface area contributed by atoms with Gasteiger partial charge in [0.2, 0.25) is 0 Å². The van der Waals surface area contributed by atoms with E-state index in [9.17, 15) is 0 Å².